The van der Waals surface area contributed by atoms with Crippen LogP contribution in [-0.2, 0) is 6.54 Å². The summed E-state index contributed by atoms with van der Waals surface area (Å²) in [6.45, 7) is 4.15. The first-order valence-corrected chi connectivity index (χ1v) is 9.37. The van der Waals surface area contributed by atoms with Crippen molar-refractivity contribution in [2.24, 2.45) is 5.41 Å². The minimum absolute atomic E-state index is 0.00424. The maximum absolute atomic E-state index is 9.89. The van der Waals surface area contributed by atoms with Crippen LogP contribution in [-0.4, -0.2) is 36.3 Å². The summed E-state index contributed by atoms with van der Waals surface area (Å²) in [5.41, 5.74) is 2.55. The number of aromatic nitrogens is 1. The molecule has 1 aliphatic heterocycles. The van der Waals surface area contributed by atoms with Crippen LogP contribution in [0.25, 0.3) is 0 Å². The van der Waals surface area contributed by atoms with Gasteiger partial charge in [-0.1, -0.05) is 36.4 Å². The fourth-order valence-corrected chi connectivity index (χ4v) is 4.04. The number of benzene rings is 1. The topological polar surface area (TPSA) is 48.4 Å². The lowest BCUT2D eigenvalue weighted by atomic mass is 10.00. The van der Waals surface area contributed by atoms with Gasteiger partial charge in [0.2, 0.25) is 0 Å². The summed E-state index contributed by atoms with van der Waals surface area (Å²) in [7, 11) is 0. The largest absolute Gasteiger partial charge is 0.396 e. The summed E-state index contributed by atoms with van der Waals surface area (Å²) in [4.78, 5) is 6.96. The molecule has 4 rings (SSSR count). The molecule has 2 aromatic rings. The zero-order chi connectivity index (χ0) is 17.1. The van der Waals surface area contributed by atoms with Crippen LogP contribution in [0.15, 0.2) is 48.7 Å². The van der Waals surface area contributed by atoms with Crippen molar-refractivity contribution >= 4 is 5.82 Å². The van der Waals surface area contributed by atoms with Gasteiger partial charge in [0.25, 0.3) is 0 Å². The smallest absolute Gasteiger partial charge is 0.128 e. The fraction of sp³-hybridized carbons (Fsp3) is 0.476. The van der Waals surface area contributed by atoms with Crippen molar-refractivity contribution in [2.75, 3.05) is 31.1 Å². The molecule has 2 N–H and O–H groups in total. The van der Waals surface area contributed by atoms with Crippen LogP contribution in [0.3, 0.4) is 0 Å². The molecular weight excluding hydrogens is 310 g/mol. The third-order valence-electron chi connectivity index (χ3n) is 5.75. The van der Waals surface area contributed by atoms with Gasteiger partial charge in [0.05, 0.1) is 6.61 Å². The molecule has 4 heteroatoms. The number of nitrogens with one attached hydrogen (secondary N) is 1. The lowest BCUT2D eigenvalue weighted by Gasteiger charge is -2.17. The van der Waals surface area contributed by atoms with Crippen molar-refractivity contribution in [1.82, 2.24) is 10.3 Å². The highest BCUT2D eigenvalue weighted by atomic mass is 16.3. The Morgan fingerprint density at radius 1 is 1.12 bits per heavy atom. The van der Waals surface area contributed by atoms with Gasteiger partial charge in [-0.15, -0.1) is 0 Å². The number of hydrogen-bond donors (Lipinski definition) is 2. The Bertz CT molecular complexity index is 682. The highest BCUT2D eigenvalue weighted by Crippen LogP contribution is 2.58. The normalized spacial score (nSPS) is 25.3. The Morgan fingerprint density at radius 2 is 1.92 bits per heavy atom. The molecule has 0 amide bonds. The van der Waals surface area contributed by atoms with E-state index in [-0.39, 0.29) is 12.0 Å². The molecule has 0 radical (unpaired) electrons. The van der Waals surface area contributed by atoms with E-state index < -0.39 is 0 Å². The van der Waals surface area contributed by atoms with Gasteiger partial charge < -0.3 is 15.3 Å². The van der Waals surface area contributed by atoms with Gasteiger partial charge in [-0.2, -0.15) is 0 Å². The van der Waals surface area contributed by atoms with E-state index in [1.54, 1.807) is 0 Å². The monoisotopic (exact) mass is 337 g/mol. The molecular formula is C21H27N3O. The van der Waals surface area contributed by atoms with Crippen LogP contribution in [0.1, 0.15) is 36.3 Å². The predicted molar refractivity (Wildman–Crippen MR) is 101 cm³/mol. The van der Waals surface area contributed by atoms with Gasteiger partial charge >= 0.3 is 0 Å². The highest BCUT2D eigenvalue weighted by molar-refractivity contribution is 5.40. The van der Waals surface area contributed by atoms with Crippen molar-refractivity contribution in [3.8, 4) is 0 Å². The summed E-state index contributed by atoms with van der Waals surface area (Å²) in [6.07, 6.45) is 5.59. The van der Waals surface area contributed by atoms with E-state index in [4.69, 9.17) is 0 Å². The van der Waals surface area contributed by atoms with Crippen LogP contribution >= 0.6 is 0 Å². The summed E-state index contributed by atoms with van der Waals surface area (Å²) in [5.74, 6) is 1.57. The van der Waals surface area contributed by atoms with Crippen molar-refractivity contribution in [1.29, 1.82) is 0 Å². The molecule has 1 aromatic heterocycles. The molecule has 2 fully saturated rings. The summed E-state index contributed by atoms with van der Waals surface area (Å²) in [6, 6.07) is 14.8. The molecule has 1 saturated carbocycles. The lowest BCUT2D eigenvalue weighted by Crippen LogP contribution is -2.27. The number of rotatable bonds is 7. The molecule has 1 saturated heterocycles. The molecule has 1 aliphatic carbocycles. The van der Waals surface area contributed by atoms with Crippen LogP contribution < -0.4 is 10.2 Å². The number of hydrogen-bond acceptors (Lipinski definition) is 4. The zero-order valence-electron chi connectivity index (χ0n) is 14.7. The third-order valence-corrected chi connectivity index (χ3v) is 5.75. The average molecular weight is 337 g/mol. The Hall–Kier alpha value is -1.91. The molecule has 25 heavy (non-hydrogen) atoms. The second-order valence-corrected chi connectivity index (χ2v) is 7.51. The molecule has 4 nitrogen and oxygen atoms in total. The second kappa shape index (κ2) is 7.14. The number of aliphatic hydroxyl groups excluding tert-OH is 1. The SMILES string of the molecule is OCC1(CNCc2ccc(N3CCCC3)nc2)CC1c1ccccc1. The van der Waals surface area contributed by atoms with E-state index in [1.807, 2.05) is 12.3 Å². The molecule has 0 bridgehead atoms. The minimum atomic E-state index is 0.00424. The molecule has 2 unspecified atom stereocenters. The maximum Gasteiger partial charge on any atom is 0.128 e. The standard InChI is InChI=1S/C21H27N3O/c25-16-21(12-19(21)18-6-2-1-3-7-18)15-22-13-17-8-9-20(23-14-17)24-10-4-5-11-24/h1-3,6-9,14,19,22,25H,4-5,10-13,15-16H2. The Balaban J connectivity index is 1.30. The molecule has 132 valence electrons. The quantitative estimate of drug-likeness (QED) is 0.815. The summed E-state index contributed by atoms with van der Waals surface area (Å²) in [5, 5.41) is 13.4. The zero-order valence-corrected chi connectivity index (χ0v) is 14.7. The summed E-state index contributed by atoms with van der Waals surface area (Å²) < 4.78 is 0. The fourth-order valence-electron chi connectivity index (χ4n) is 4.04. The minimum Gasteiger partial charge on any atom is -0.396 e. The lowest BCUT2D eigenvalue weighted by molar-refractivity contribution is 0.202. The second-order valence-electron chi connectivity index (χ2n) is 7.51. The molecule has 0 spiro atoms. The van der Waals surface area contributed by atoms with Gasteiger partial charge in [-0.25, -0.2) is 4.98 Å². The third kappa shape index (κ3) is 3.55. The first kappa shape index (κ1) is 16.6. The Kier molecular flexibility index (Phi) is 4.73. The van der Waals surface area contributed by atoms with Crippen molar-refractivity contribution in [3.05, 3.63) is 59.8 Å². The molecule has 2 heterocycles. The highest BCUT2D eigenvalue weighted by Gasteiger charge is 2.53. The van der Waals surface area contributed by atoms with Crippen molar-refractivity contribution in [3.63, 3.8) is 0 Å². The van der Waals surface area contributed by atoms with E-state index in [0.29, 0.717) is 5.92 Å². The van der Waals surface area contributed by atoms with Crippen molar-refractivity contribution < 1.29 is 5.11 Å². The van der Waals surface area contributed by atoms with Gasteiger partial charge in [0, 0.05) is 37.8 Å². The molecule has 2 aliphatic rings. The van der Waals surface area contributed by atoms with Crippen LogP contribution in [0.2, 0.25) is 0 Å². The van der Waals surface area contributed by atoms with E-state index in [2.05, 4.69) is 51.6 Å². The van der Waals surface area contributed by atoms with Gasteiger partial charge in [0.15, 0.2) is 0 Å². The van der Waals surface area contributed by atoms with Crippen LogP contribution in [0, 0.1) is 5.41 Å². The first-order valence-electron chi connectivity index (χ1n) is 9.37. The predicted octanol–water partition coefficient (Wildman–Crippen LogP) is 2.94. The summed E-state index contributed by atoms with van der Waals surface area (Å²) >= 11 is 0. The van der Waals surface area contributed by atoms with Crippen molar-refractivity contribution in [2.45, 2.75) is 31.7 Å². The Morgan fingerprint density at radius 3 is 2.60 bits per heavy atom. The number of pyridine rings is 1. The average Bonchev–Trinajstić information content (AvgIpc) is 3.12. The molecule has 1 aromatic carbocycles. The van der Waals surface area contributed by atoms with E-state index in [1.165, 1.54) is 24.0 Å². The van der Waals surface area contributed by atoms with E-state index >= 15 is 0 Å². The van der Waals surface area contributed by atoms with E-state index in [9.17, 15) is 5.11 Å². The van der Waals surface area contributed by atoms with Crippen LogP contribution in [0.4, 0.5) is 5.82 Å². The van der Waals surface area contributed by atoms with Crippen LogP contribution in [0.5, 0.6) is 0 Å². The van der Waals surface area contributed by atoms with E-state index in [0.717, 1.165) is 38.4 Å². The number of nitrogens with zero attached hydrogens (tertiary/aromatic N) is 2. The first-order chi connectivity index (χ1) is 12.3. The number of anilines is 1. The molecule has 2 atom stereocenters. The Labute approximate surface area is 149 Å². The van der Waals surface area contributed by atoms with Gasteiger partial charge in [0.1, 0.15) is 5.82 Å². The van der Waals surface area contributed by atoms with Gasteiger partial charge in [-0.05, 0) is 42.4 Å². The van der Waals surface area contributed by atoms with Gasteiger partial charge in [-0.3, -0.25) is 0 Å². The maximum atomic E-state index is 9.89. The number of aliphatic hydroxyl groups is 1.